The molecule has 4 heteroatoms. The van der Waals surface area contributed by atoms with E-state index < -0.39 is 0 Å². The lowest BCUT2D eigenvalue weighted by molar-refractivity contribution is -0.123. The number of benzene rings is 1. The Balaban J connectivity index is 2.14. The summed E-state index contributed by atoms with van der Waals surface area (Å²) >= 11 is 0. The molecule has 4 nitrogen and oxygen atoms in total. The number of nitrogens with one attached hydrogen (secondary N) is 1. The quantitative estimate of drug-likeness (QED) is 0.632. The molecule has 0 aliphatic rings. The largest absolute Gasteiger partial charge is 0.494 e. The maximum atomic E-state index is 11.0. The van der Waals surface area contributed by atoms with Gasteiger partial charge in [0, 0.05) is 30.8 Å². The summed E-state index contributed by atoms with van der Waals surface area (Å²) in [6, 6.07) is 8.40. The topological polar surface area (TPSA) is 47.6 Å². The van der Waals surface area contributed by atoms with Crippen LogP contribution in [0.4, 0.5) is 5.69 Å². The Morgan fingerprint density at radius 1 is 1.24 bits per heavy atom. The Kier molecular flexibility index (Phi) is 8.51. The van der Waals surface area contributed by atoms with Gasteiger partial charge in [-0.3, -0.25) is 4.79 Å². The van der Waals surface area contributed by atoms with Crippen LogP contribution in [0.2, 0.25) is 0 Å². The van der Waals surface area contributed by atoms with Crippen molar-refractivity contribution in [3.63, 3.8) is 0 Å². The molecular weight excluding hydrogens is 266 g/mol. The van der Waals surface area contributed by atoms with Gasteiger partial charge in [0.1, 0.15) is 12.4 Å². The van der Waals surface area contributed by atoms with Crippen LogP contribution in [-0.4, -0.2) is 31.6 Å². The zero-order valence-electron chi connectivity index (χ0n) is 13.4. The summed E-state index contributed by atoms with van der Waals surface area (Å²) in [5, 5.41) is 3.35. The Morgan fingerprint density at radius 3 is 2.71 bits per heavy atom. The van der Waals surface area contributed by atoms with Crippen molar-refractivity contribution in [2.75, 3.05) is 25.1 Å². The first-order valence-corrected chi connectivity index (χ1v) is 7.70. The van der Waals surface area contributed by atoms with Crippen molar-refractivity contribution in [2.24, 2.45) is 0 Å². The second-order valence-electron chi connectivity index (χ2n) is 5.33. The third kappa shape index (κ3) is 8.35. The van der Waals surface area contributed by atoms with Crippen LogP contribution in [0.3, 0.4) is 0 Å². The molecule has 21 heavy (non-hydrogen) atoms. The van der Waals surface area contributed by atoms with Gasteiger partial charge in [-0.15, -0.1) is 0 Å². The highest BCUT2D eigenvalue weighted by Crippen LogP contribution is 2.18. The lowest BCUT2D eigenvalue weighted by Crippen LogP contribution is -2.10. The first-order chi connectivity index (χ1) is 10.1. The van der Waals surface area contributed by atoms with Crippen LogP contribution in [-0.2, 0) is 9.53 Å². The van der Waals surface area contributed by atoms with Crippen molar-refractivity contribution >= 4 is 11.5 Å². The molecular formula is C17H27NO3. The molecule has 0 aliphatic heterocycles. The summed E-state index contributed by atoms with van der Waals surface area (Å²) in [5.74, 6) is 1.03. The molecule has 1 rings (SSSR count). The van der Waals surface area contributed by atoms with E-state index in [0.29, 0.717) is 25.7 Å². The van der Waals surface area contributed by atoms with Crippen LogP contribution in [0.1, 0.15) is 40.0 Å². The summed E-state index contributed by atoms with van der Waals surface area (Å²) in [6.45, 7) is 7.58. The average Bonchev–Trinajstić information content (AvgIpc) is 2.45. The molecule has 1 N–H and O–H groups in total. The number of carbonyl (C=O) groups excluding carboxylic acids is 1. The molecule has 0 heterocycles. The summed E-state index contributed by atoms with van der Waals surface area (Å²) in [6.07, 6.45) is 2.37. The van der Waals surface area contributed by atoms with E-state index in [1.54, 1.807) is 0 Å². The molecule has 0 saturated carbocycles. The third-order valence-corrected chi connectivity index (χ3v) is 2.90. The number of hydrogen-bond acceptors (Lipinski definition) is 4. The molecule has 0 unspecified atom stereocenters. The van der Waals surface area contributed by atoms with E-state index in [1.807, 2.05) is 31.2 Å². The van der Waals surface area contributed by atoms with Gasteiger partial charge in [-0.25, -0.2) is 0 Å². The summed E-state index contributed by atoms with van der Waals surface area (Å²) in [4.78, 5) is 11.0. The van der Waals surface area contributed by atoms with Gasteiger partial charge in [-0.05, 0) is 38.8 Å². The minimum atomic E-state index is 0.153. The van der Waals surface area contributed by atoms with Gasteiger partial charge in [0.25, 0.3) is 0 Å². The first-order valence-electron chi connectivity index (χ1n) is 7.70. The van der Waals surface area contributed by atoms with Gasteiger partial charge in [0.2, 0.25) is 0 Å². The molecule has 1 aromatic carbocycles. The van der Waals surface area contributed by atoms with Crippen molar-refractivity contribution in [1.82, 2.24) is 0 Å². The fraction of sp³-hybridized carbons (Fsp3) is 0.588. The van der Waals surface area contributed by atoms with Gasteiger partial charge in [-0.1, -0.05) is 13.0 Å². The molecule has 0 bridgehead atoms. The van der Waals surface area contributed by atoms with E-state index >= 15 is 0 Å². The highest BCUT2D eigenvalue weighted by Gasteiger charge is 2.00. The highest BCUT2D eigenvalue weighted by atomic mass is 16.5. The number of Topliss-reactive ketones (excluding diaryl/α,β-unsaturated/α-hetero) is 1. The number of anilines is 1. The normalized spacial score (nSPS) is 10.7. The SMILES string of the molecule is CCC(=O)COCCCCOc1cccc(NC(C)C)c1. The maximum absolute atomic E-state index is 11.0. The van der Waals surface area contributed by atoms with E-state index in [0.717, 1.165) is 24.3 Å². The van der Waals surface area contributed by atoms with E-state index in [2.05, 4.69) is 19.2 Å². The zero-order valence-corrected chi connectivity index (χ0v) is 13.4. The predicted molar refractivity (Wildman–Crippen MR) is 86.0 cm³/mol. The van der Waals surface area contributed by atoms with Crippen molar-refractivity contribution in [3.05, 3.63) is 24.3 Å². The van der Waals surface area contributed by atoms with Crippen LogP contribution in [0.5, 0.6) is 5.75 Å². The smallest absolute Gasteiger partial charge is 0.158 e. The molecule has 118 valence electrons. The van der Waals surface area contributed by atoms with Crippen molar-refractivity contribution in [1.29, 1.82) is 0 Å². The monoisotopic (exact) mass is 293 g/mol. The fourth-order valence-electron chi connectivity index (χ4n) is 1.79. The minimum absolute atomic E-state index is 0.153. The van der Waals surface area contributed by atoms with Gasteiger partial charge in [-0.2, -0.15) is 0 Å². The average molecular weight is 293 g/mol. The van der Waals surface area contributed by atoms with E-state index in [1.165, 1.54) is 0 Å². The predicted octanol–water partition coefficient (Wildman–Crippen LogP) is 3.66. The second kappa shape index (κ2) is 10.2. The molecule has 0 saturated heterocycles. The Bertz CT molecular complexity index is 418. The number of rotatable bonds is 11. The Labute approximate surface area is 127 Å². The van der Waals surface area contributed by atoms with Gasteiger partial charge >= 0.3 is 0 Å². The molecule has 0 aromatic heterocycles. The lowest BCUT2D eigenvalue weighted by atomic mass is 10.2. The molecule has 0 fully saturated rings. The number of unbranched alkanes of at least 4 members (excludes halogenated alkanes) is 1. The molecule has 1 aromatic rings. The van der Waals surface area contributed by atoms with Crippen molar-refractivity contribution < 1.29 is 14.3 Å². The van der Waals surface area contributed by atoms with E-state index in [-0.39, 0.29) is 12.4 Å². The van der Waals surface area contributed by atoms with Crippen LogP contribution in [0.25, 0.3) is 0 Å². The van der Waals surface area contributed by atoms with Crippen LogP contribution < -0.4 is 10.1 Å². The number of ether oxygens (including phenoxy) is 2. The molecule has 0 spiro atoms. The Hall–Kier alpha value is -1.55. The summed E-state index contributed by atoms with van der Waals surface area (Å²) in [7, 11) is 0. The minimum Gasteiger partial charge on any atom is -0.494 e. The molecule has 0 aliphatic carbocycles. The summed E-state index contributed by atoms with van der Waals surface area (Å²) in [5.41, 5.74) is 1.07. The van der Waals surface area contributed by atoms with Crippen molar-refractivity contribution in [2.45, 2.75) is 46.1 Å². The van der Waals surface area contributed by atoms with Crippen LogP contribution in [0, 0.1) is 0 Å². The highest BCUT2D eigenvalue weighted by molar-refractivity contribution is 5.79. The van der Waals surface area contributed by atoms with E-state index in [9.17, 15) is 4.79 Å². The Morgan fingerprint density at radius 2 is 2.00 bits per heavy atom. The van der Waals surface area contributed by atoms with Crippen LogP contribution in [0.15, 0.2) is 24.3 Å². The zero-order chi connectivity index (χ0) is 15.5. The molecule has 0 amide bonds. The molecule has 0 radical (unpaired) electrons. The number of ketones is 1. The standard InChI is InChI=1S/C17H27NO3/c1-4-16(19)13-20-10-5-6-11-21-17-9-7-8-15(12-17)18-14(2)3/h7-9,12,14,18H,4-6,10-11,13H2,1-3H3. The fourth-order valence-corrected chi connectivity index (χ4v) is 1.79. The van der Waals surface area contributed by atoms with Gasteiger partial charge in [0.15, 0.2) is 5.78 Å². The summed E-state index contributed by atoms with van der Waals surface area (Å²) < 4.78 is 11.0. The second-order valence-corrected chi connectivity index (χ2v) is 5.33. The lowest BCUT2D eigenvalue weighted by Gasteiger charge is -2.12. The van der Waals surface area contributed by atoms with Crippen LogP contribution >= 0.6 is 0 Å². The maximum Gasteiger partial charge on any atom is 0.158 e. The molecule has 0 atom stereocenters. The number of carbonyl (C=O) groups is 1. The third-order valence-electron chi connectivity index (χ3n) is 2.90. The van der Waals surface area contributed by atoms with Gasteiger partial charge < -0.3 is 14.8 Å². The number of hydrogen-bond donors (Lipinski definition) is 1. The van der Waals surface area contributed by atoms with E-state index in [4.69, 9.17) is 9.47 Å². The van der Waals surface area contributed by atoms with Gasteiger partial charge in [0.05, 0.1) is 6.61 Å². The first kappa shape index (κ1) is 17.5. The van der Waals surface area contributed by atoms with Crippen molar-refractivity contribution in [3.8, 4) is 5.75 Å².